The Labute approximate surface area is 152 Å². The number of piperidine rings is 1. The highest BCUT2D eigenvalue weighted by Crippen LogP contribution is 2.24. The van der Waals surface area contributed by atoms with E-state index in [1.165, 1.54) is 6.07 Å². The van der Waals surface area contributed by atoms with Gasteiger partial charge in [0.05, 0.1) is 23.2 Å². The lowest BCUT2D eigenvalue weighted by molar-refractivity contribution is -0.122. The topological polar surface area (TPSA) is 82.2 Å². The van der Waals surface area contributed by atoms with Gasteiger partial charge in [0.2, 0.25) is 5.91 Å². The molecule has 2 aromatic rings. The average molecular weight is 352 g/mol. The predicted octanol–water partition coefficient (Wildman–Crippen LogP) is 3.01. The lowest BCUT2D eigenvalue weighted by atomic mass is 9.97. The molecule has 26 heavy (non-hydrogen) atoms. The summed E-state index contributed by atoms with van der Waals surface area (Å²) in [6, 6.07) is 14.3. The van der Waals surface area contributed by atoms with Crippen molar-refractivity contribution in [1.29, 1.82) is 5.26 Å². The van der Waals surface area contributed by atoms with Gasteiger partial charge in [-0.3, -0.25) is 4.79 Å². The van der Waals surface area contributed by atoms with Crippen LogP contribution in [0.3, 0.4) is 0 Å². The molecule has 3 N–H and O–H groups in total. The molecule has 0 bridgehead atoms. The molecular weight excluding hydrogens is 331 g/mol. The van der Waals surface area contributed by atoms with Gasteiger partial charge in [0.25, 0.3) is 0 Å². The molecule has 2 aromatic carbocycles. The minimum Gasteiger partial charge on any atom is -0.379 e. The maximum absolute atomic E-state index is 13.9. The van der Waals surface area contributed by atoms with Crippen LogP contribution in [0.1, 0.15) is 24.0 Å². The Morgan fingerprint density at radius 3 is 2.73 bits per heavy atom. The lowest BCUT2D eigenvalue weighted by Crippen LogP contribution is -2.41. The zero-order valence-corrected chi connectivity index (χ0v) is 14.4. The summed E-state index contributed by atoms with van der Waals surface area (Å²) in [7, 11) is 0. The summed E-state index contributed by atoms with van der Waals surface area (Å²) in [6.45, 7) is 2.05. The highest BCUT2D eigenvalue weighted by atomic mass is 19.1. The summed E-state index contributed by atoms with van der Waals surface area (Å²) in [5, 5.41) is 11.8. The van der Waals surface area contributed by atoms with Crippen LogP contribution in [0.2, 0.25) is 0 Å². The summed E-state index contributed by atoms with van der Waals surface area (Å²) in [4.78, 5) is 13.6. The first-order chi connectivity index (χ1) is 12.6. The Morgan fingerprint density at radius 2 is 2.08 bits per heavy atom. The molecular formula is C20H21FN4O. The summed E-state index contributed by atoms with van der Waals surface area (Å²) in [5.74, 6) is -0.768. The number of nitrogens with two attached hydrogens (primary N) is 1. The van der Waals surface area contributed by atoms with Gasteiger partial charge in [0.1, 0.15) is 5.82 Å². The molecule has 1 fully saturated rings. The number of primary amides is 1. The fourth-order valence-corrected chi connectivity index (χ4v) is 3.19. The first-order valence-corrected chi connectivity index (χ1v) is 8.63. The van der Waals surface area contributed by atoms with Gasteiger partial charge in [-0.25, -0.2) is 4.39 Å². The van der Waals surface area contributed by atoms with Crippen molar-refractivity contribution in [3.8, 4) is 6.07 Å². The van der Waals surface area contributed by atoms with Crippen molar-refractivity contribution >= 4 is 17.3 Å². The van der Waals surface area contributed by atoms with Crippen molar-refractivity contribution in [3.63, 3.8) is 0 Å². The van der Waals surface area contributed by atoms with Gasteiger partial charge in [0, 0.05) is 25.3 Å². The smallest absolute Gasteiger partial charge is 0.222 e. The molecule has 134 valence electrons. The first kappa shape index (κ1) is 17.7. The molecule has 1 aliphatic heterocycles. The van der Waals surface area contributed by atoms with E-state index < -0.39 is 5.82 Å². The molecule has 0 unspecified atom stereocenters. The lowest BCUT2D eigenvalue weighted by Gasteiger charge is -2.33. The van der Waals surface area contributed by atoms with Gasteiger partial charge in [-0.2, -0.15) is 5.26 Å². The Bertz CT molecular complexity index is 829. The second-order valence-electron chi connectivity index (χ2n) is 6.51. The quantitative estimate of drug-likeness (QED) is 0.867. The van der Waals surface area contributed by atoms with Crippen LogP contribution in [0.4, 0.5) is 15.8 Å². The average Bonchev–Trinajstić information content (AvgIpc) is 2.67. The highest BCUT2D eigenvalue weighted by molar-refractivity contribution is 5.77. The standard InChI is InChI=1S/C20H21FN4O/c21-18-10-15(11-22)5-8-19(18)24-12-14-3-6-17(7-4-14)25-9-1-2-16(13-25)20(23)26/h3-8,10,16,24H,1-2,9,12-13H2,(H2,23,26)/t16-/m1/s1. The largest absolute Gasteiger partial charge is 0.379 e. The Kier molecular flexibility index (Phi) is 5.37. The number of nitrogens with one attached hydrogen (secondary N) is 1. The van der Waals surface area contributed by atoms with E-state index in [9.17, 15) is 9.18 Å². The monoisotopic (exact) mass is 352 g/mol. The van der Waals surface area contributed by atoms with Crippen LogP contribution in [0.25, 0.3) is 0 Å². The zero-order chi connectivity index (χ0) is 18.5. The van der Waals surface area contributed by atoms with Crippen LogP contribution in [0, 0.1) is 23.1 Å². The van der Waals surface area contributed by atoms with Gasteiger partial charge in [-0.05, 0) is 48.7 Å². The Hall–Kier alpha value is -3.07. The fraction of sp³-hybridized carbons (Fsp3) is 0.300. The van der Waals surface area contributed by atoms with Crippen molar-refractivity contribution in [1.82, 2.24) is 0 Å². The minimum absolute atomic E-state index is 0.0931. The molecule has 0 radical (unpaired) electrons. The van der Waals surface area contributed by atoms with E-state index in [4.69, 9.17) is 11.0 Å². The van der Waals surface area contributed by atoms with Crippen LogP contribution >= 0.6 is 0 Å². The number of amides is 1. The fourth-order valence-electron chi connectivity index (χ4n) is 3.19. The summed E-state index contributed by atoms with van der Waals surface area (Å²) in [5.41, 5.74) is 8.18. The molecule has 1 amide bonds. The number of nitrogens with zero attached hydrogens (tertiary/aromatic N) is 2. The third-order valence-corrected chi connectivity index (χ3v) is 4.71. The first-order valence-electron chi connectivity index (χ1n) is 8.63. The third-order valence-electron chi connectivity index (χ3n) is 4.71. The molecule has 6 heteroatoms. The van der Waals surface area contributed by atoms with E-state index in [2.05, 4.69) is 10.2 Å². The SMILES string of the molecule is N#Cc1ccc(NCc2ccc(N3CCC[C@@H](C(N)=O)C3)cc2)c(F)c1. The second-order valence-corrected chi connectivity index (χ2v) is 6.51. The summed E-state index contributed by atoms with van der Waals surface area (Å²) >= 11 is 0. The van der Waals surface area contributed by atoms with Gasteiger partial charge in [-0.1, -0.05) is 12.1 Å². The highest BCUT2D eigenvalue weighted by Gasteiger charge is 2.23. The summed E-state index contributed by atoms with van der Waals surface area (Å²) < 4.78 is 13.9. The molecule has 1 atom stereocenters. The van der Waals surface area contributed by atoms with Crippen LogP contribution in [0.15, 0.2) is 42.5 Å². The van der Waals surface area contributed by atoms with E-state index >= 15 is 0 Å². The van der Waals surface area contributed by atoms with Crippen molar-refractivity contribution in [2.45, 2.75) is 19.4 Å². The van der Waals surface area contributed by atoms with Crippen molar-refractivity contribution in [2.75, 3.05) is 23.3 Å². The van der Waals surface area contributed by atoms with E-state index in [0.29, 0.717) is 24.3 Å². The molecule has 0 spiro atoms. The number of hydrogen-bond donors (Lipinski definition) is 2. The molecule has 1 aliphatic rings. The maximum atomic E-state index is 13.9. The number of carbonyl (C=O) groups is 1. The molecule has 5 nitrogen and oxygen atoms in total. The predicted molar refractivity (Wildman–Crippen MR) is 99.0 cm³/mol. The van der Waals surface area contributed by atoms with Crippen LogP contribution in [0.5, 0.6) is 0 Å². The van der Waals surface area contributed by atoms with Gasteiger partial charge in [-0.15, -0.1) is 0 Å². The van der Waals surface area contributed by atoms with Gasteiger partial charge >= 0.3 is 0 Å². The number of rotatable bonds is 5. The van der Waals surface area contributed by atoms with E-state index in [1.54, 1.807) is 12.1 Å². The third kappa shape index (κ3) is 4.12. The van der Waals surface area contributed by atoms with E-state index in [-0.39, 0.29) is 11.8 Å². The molecule has 0 saturated carbocycles. The number of benzene rings is 2. The maximum Gasteiger partial charge on any atom is 0.222 e. The molecule has 0 aliphatic carbocycles. The second kappa shape index (κ2) is 7.87. The van der Waals surface area contributed by atoms with Crippen molar-refractivity contribution < 1.29 is 9.18 Å². The summed E-state index contributed by atoms with van der Waals surface area (Å²) in [6.07, 6.45) is 1.80. The van der Waals surface area contributed by atoms with Crippen LogP contribution in [-0.2, 0) is 11.3 Å². The van der Waals surface area contributed by atoms with E-state index in [0.717, 1.165) is 30.6 Å². The van der Waals surface area contributed by atoms with Gasteiger partial charge in [0.15, 0.2) is 0 Å². The van der Waals surface area contributed by atoms with Crippen LogP contribution < -0.4 is 16.0 Å². The van der Waals surface area contributed by atoms with E-state index in [1.807, 2.05) is 30.3 Å². The number of carbonyl (C=O) groups excluding carboxylic acids is 1. The number of anilines is 2. The minimum atomic E-state index is -0.438. The molecule has 0 aromatic heterocycles. The number of nitriles is 1. The number of halogens is 1. The molecule has 3 rings (SSSR count). The van der Waals surface area contributed by atoms with Crippen molar-refractivity contribution in [2.24, 2.45) is 11.7 Å². The van der Waals surface area contributed by atoms with Gasteiger partial charge < -0.3 is 16.0 Å². The normalized spacial score (nSPS) is 16.8. The Balaban J connectivity index is 1.61. The van der Waals surface area contributed by atoms with Crippen LogP contribution in [-0.4, -0.2) is 19.0 Å². The van der Waals surface area contributed by atoms with Crippen molar-refractivity contribution in [3.05, 3.63) is 59.4 Å². The molecule has 1 heterocycles. The molecule has 1 saturated heterocycles. The number of hydrogen-bond acceptors (Lipinski definition) is 4. The zero-order valence-electron chi connectivity index (χ0n) is 14.4. The Morgan fingerprint density at radius 1 is 1.31 bits per heavy atom.